The third kappa shape index (κ3) is 6.84. The van der Waals surface area contributed by atoms with Gasteiger partial charge in [-0.2, -0.15) is 0 Å². The lowest BCUT2D eigenvalue weighted by Gasteiger charge is -2.37. The normalized spacial score (nSPS) is 37.4. The van der Waals surface area contributed by atoms with Crippen LogP contribution in [0.2, 0.25) is 0 Å². The minimum Gasteiger partial charge on any atom is -0.0996 e. The lowest BCUT2D eigenvalue weighted by Crippen LogP contribution is -2.25. The van der Waals surface area contributed by atoms with Gasteiger partial charge in [-0.1, -0.05) is 70.6 Å². The zero-order chi connectivity index (χ0) is 18.9. The first kappa shape index (κ1) is 21.3. The van der Waals surface area contributed by atoms with Gasteiger partial charge in [-0.3, -0.25) is 0 Å². The van der Waals surface area contributed by atoms with Gasteiger partial charge in [-0.15, -0.1) is 0 Å². The van der Waals surface area contributed by atoms with Crippen LogP contribution < -0.4 is 0 Å². The first-order valence-electron chi connectivity index (χ1n) is 12.8. The van der Waals surface area contributed by atoms with Crippen molar-refractivity contribution in [1.29, 1.82) is 0 Å². The van der Waals surface area contributed by atoms with Crippen molar-refractivity contribution in [3.63, 3.8) is 0 Å². The second kappa shape index (κ2) is 11.5. The number of rotatable bonds is 6. The van der Waals surface area contributed by atoms with E-state index in [-0.39, 0.29) is 0 Å². The molecule has 0 heteroatoms. The lowest BCUT2D eigenvalue weighted by atomic mass is 9.69. The Labute approximate surface area is 170 Å². The van der Waals surface area contributed by atoms with E-state index in [1.54, 1.807) is 0 Å². The van der Waals surface area contributed by atoms with Gasteiger partial charge in [0.25, 0.3) is 0 Å². The highest BCUT2D eigenvalue weighted by Crippen LogP contribution is 2.42. The van der Waals surface area contributed by atoms with Crippen LogP contribution in [0.4, 0.5) is 0 Å². The summed E-state index contributed by atoms with van der Waals surface area (Å²) >= 11 is 0. The number of hydrogen-bond acceptors (Lipinski definition) is 0. The molecule has 0 aliphatic heterocycles. The Balaban J connectivity index is 1.33. The number of unbranched alkanes of at least 4 members (excludes halogenated alkanes) is 1. The van der Waals surface area contributed by atoms with E-state index in [0.29, 0.717) is 0 Å². The molecule has 0 amide bonds. The summed E-state index contributed by atoms with van der Waals surface area (Å²) in [5.41, 5.74) is 0. The average molecular weight is 371 g/mol. The van der Waals surface area contributed by atoms with Crippen LogP contribution in [0.3, 0.4) is 0 Å². The minimum atomic E-state index is 0.731. The van der Waals surface area contributed by atoms with Gasteiger partial charge in [0.1, 0.15) is 0 Å². The van der Waals surface area contributed by atoms with Gasteiger partial charge in [0.2, 0.25) is 0 Å². The van der Waals surface area contributed by atoms with Gasteiger partial charge in [0.15, 0.2) is 0 Å². The summed E-state index contributed by atoms with van der Waals surface area (Å²) < 4.78 is 0. The smallest absolute Gasteiger partial charge is 0.0203 e. The summed E-state index contributed by atoms with van der Waals surface area (Å²) in [6, 6.07) is 0. The molecule has 154 valence electrons. The zero-order valence-electron chi connectivity index (χ0n) is 18.5. The van der Waals surface area contributed by atoms with Crippen molar-refractivity contribution in [2.45, 2.75) is 123 Å². The van der Waals surface area contributed by atoms with Crippen LogP contribution in [-0.4, -0.2) is 0 Å². The topological polar surface area (TPSA) is 0 Å². The van der Waals surface area contributed by atoms with Crippen molar-refractivity contribution in [3.8, 4) is 11.8 Å². The van der Waals surface area contributed by atoms with Gasteiger partial charge in [0.05, 0.1) is 0 Å². The maximum atomic E-state index is 3.75. The Bertz CT molecular complexity index is 442. The third-order valence-electron chi connectivity index (χ3n) is 8.33. The van der Waals surface area contributed by atoms with Crippen LogP contribution in [0.25, 0.3) is 0 Å². The van der Waals surface area contributed by atoms with Crippen LogP contribution in [0.1, 0.15) is 123 Å². The Kier molecular flexibility index (Phi) is 9.09. The molecule has 3 aliphatic rings. The Morgan fingerprint density at radius 2 is 0.963 bits per heavy atom. The van der Waals surface area contributed by atoms with E-state index in [2.05, 4.69) is 25.7 Å². The van der Waals surface area contributed by atoms with E-state index >= 15 is 0 Å². The lowest BCUT2D eigenvalue weighted by molar-refractivity contribution is 0.153. The zero-order valence-corrected chi connectivity index (χ0v) is 18.5. The summed E-state index contributed by atoms with van der Waals surface area (Å²) in [6.45, 7) is 4.68. The molecule has 0 atom stereocenters. The fraction of sp³-hybridized carbons (Fsp3) is 0.926. The molecule has 3 fully saturated rings. The molecule has 0 radical (unpaired) electrons. The second-order valence-corrected chi connectivity index (χ2v) is 10.3. The highest BCUT2D eigenvalue weighted by atomic mass is 14.4. The molecule has 0 saturated heterocycles. The molecule has 0 spiro atoms. The Hall–Kier alpha value is -0.440. The van der Waals surface area contributed by atoms with Crippen molar-refractivity contribution in [1.82, 2.24) is 0 Å². The molecule has 3 rings (SSSR count). The standard InChI is InChI=1S/C27H46/c1-3-5-7-23-8-10-24(11-9-23)12-13-25-16-20-27(21-17-25)26-18-14-22(6-4-2)15-19-26/h22-27H,3-11,14-21H2,1-2H3. The fourth-order valence-corrected chi connectivity index (χ4v) is 6.42. The van der Waals surface area contributed by atoms with Crippen LogP contribution in [0, 0.1) is 47.3 Å². The summed E-state index contributed by atoms with van der Waals surface area (Å²) in [7, 11) is 0. The van der Waals surface area contributed by atoms with Crippen LogP contribution in [0.15, 0.2) is 0 Å². The predicted octanol–water partition coefficient (Wildman–Crippen LogP) is 8.40. The number of hydrogen-bond donors (Lipinski definition) is 0. The summed E-state index contributed by atoms with van der Waals surface area (Å²) in [4.78, 5) is 0. The SMILES string of the molecule is CCCCC1CCC(C#CC2CCC(C3CCC(CCC)CC3)CC2)CC1. The van der Waals surface area contributed by atoms with E-state index in [4.69, 9.17) is 0 Å². The molecular weight excluding hydrogens is 324 g/mol. The average Bonchev–Trinajstić information content (AvgIpc) is 2.73. The Morgan fingerprint density at radius 1 is 0.519 bits per heavy atom. The van der Waals surface area contributed by atoms with Crippen molar-refractivity contribution < 1.29 is 0 Å². The maximum Gasteiger partial charge on any atom is 0.0203 e. The molecule has 0 unspecified atom stereocenters. The summed E-state index contributed by atoms with van der Waals surface area (Å²) in [5.74, 6) is 13.1. The fourth-order valence-electron chi connectivity index (χ4n) is 6.42. The highest BCUT2D eigenvalue weighted by molar-refractivity contribution is 5.09. The molecule has 0 bridgehead atoms. The van der Waals surface area contributed by atoms with Crippen molar-refractivity contribution in [2.75, 3.05) is 0 Å². The van der Waals surface area contributed by atoms with E-state index < -0.39 is 0 Å². The van der Waals surface area contributed by atoms with Crippen molar-refractivity contribution in [2.24, 2.45) is 35.5 Å². The Morgan fingerprint density at radius 3 is 1.48 bits per heavy atom. The maximum absolute atomic E-state index is 3.75. The van der Waals surface area contributed by atoms with Gasteiger partial charge in [0, 0.05) is 11.8 Å². The molecule has 0 nitrogen and oxygen atoms in total. The molecule has 0 aromatic heterocycles. The first-order chi connectivity index (χ1) is 13.3. The molecule has 27 heavy (non-hydrogen) atoms. The third-order valence-corrected chi connectivity index (χ3v) is 8.33. The largest absolute Gasteiger partial charge is 0.0996 e. The molecular formula is C27H46. The van der Waals surface area contributed by atoms with Crippen LogP contribution in [-0.2, 0) is 0 Å². The van der Waals surface area contributed by atoms with Crippen LogP contribution >= 0.6 is 0 Å². The molecule has 3 aliphatic carbocycles. The van der Waals surface area contributed by atoms with E-state index in [9.17, 15) is 0 Å². The van der Waals surface area contributed by atoms with Crippen molar-refractivity contribution >= 4 is 0 Å². The van der Waals surface area contributed by atoms with Crippen molar-refractivity contribution in [3.05, 3.63) is 0 Å². The van der Waals surface area contributed by atoms with Gasteiger partial charge < -0.3 is 0 Å². The molecule has 3 saturated carbocycles. The van der Waals surface area contributed by atoms with E-state index in [1.165, 1.54) is 109 Å². The molecule has 0 N–H and O–H groups in total. The van der Waals surface area contributed by atoms with Gasteiger partial charge >= 0.3 is 0 Å². The predicted molar refractivity (Wildman–Crippen MR) is 119 cm³/mol. The van der Waals surface area contributed by atoms with E-state index in [1.807, 2.05) is 0 Å². The van der Waals surface area contributed by atoms with Crippen LogP contribution in [0.5, 0.6) is 0 Å². The van der Waals surface area contributed by atoms with E-state index in [0.717, 1.165) is 35.5 Å². The quantitative estimate of drug-likeness (QED) is 0.412. The molecule has 0 heterocycles. The first-order valence-corrected chi connectivity index (χ1v) is 12.8. The second-order valence-electron chi connectivity index (χ2n) is 10.3. The monoisotopic (exact) mass is 370 g/mol. The molecule has 0 aromatic rings. The van der Waals surface area contributed by atoms with Gasteiger partial charge in [-0.25, -0.2) is 0 Å². The molecule has 0 aromatic carbocycles. The van der Waals surface area contributed by atoms with Gasteiger partial charge in [-0.05, 0) is 87.9 Å². The summed E-state index contributed by atoms with van der Waals surface area (Å²) in [6.07, 6.45) is 24.7. The minimum absolute atomic E-state index is 0.731. The summed E-state index contributed by atoms with van der Waals surface area (Å²) in [5, 5.41) is 0. The highest BCUT2D eigenvalue weighted by Gasteiger charge is 2.30.